The van der Waals surface area contributed by atoms with Gasteiger partial charge in [0.25, 0.3) is 0 Å². The molecule has 0 amide bonds. The third-order valence-electron chi connectivity index (χ3n) is 1.86. The second-order valence-electron chi connectivity index (χ2n) is 3.13. The van der Waals surface area contributed by atoms with E-state index in [2.05, 4.69) is 0 Å². The summed E-state index contributed by atoms with van der Waals surface area (Å²) in [6.07, 6.45) is 8.39. The third-order valence-corrected chi connectivity index (χ3v) is 1.86. The zero-order valence-corrected chi connectivity index (χ0v) is 8.47. The second kappa shape index (κ2) is 6.60. The van der Waals surface area contributed by atoms with Gasteiger partial charge in [0.2, 0.25) is 0 Å². The van der Waals surface area contributed by atoms with Crippen molar-refractivity contribution in [3.05, 3.63) is 54.1 Å². The van der Waals surface area contributed by atoms with E-state index in [1.54, 1.807) is 0 Å². The van der Waals surface area contributed by atoms with Gasteiger partial charge >= 0.3 is 5.97 Å². The average molecular weight is 202 g/mol. The molecule has 78 valence electrons. The van der Waals surface area contributed by atoms with Gasteiger partial charge < -0.3 is 5.11 Å². The zero-order chi connectivity index (χ0) is 10.9. The molecule has 0 atom stereocenters. The normalized spacial score (nSPS) is 11.2. The van der Waals surface area contributed by atoms with Gasteiger partial charge in [-0.1, -0.05) is 54.6 Å². The van der Waals surface area contributed by atoms with Gasteiger partial charge in [-0.3, -0.25) is 4.79 Å². The lowest BCUT2D eigenvalue weighted by atomic mass is 10.2. The van der Waals surface area contributed by atoms with Crippen LogP contribution in [-0.2, 0) is 4.79 Å². The maximum atomic E-state index is 10.2. The van der Waals surface area contributed by atoms with E-state index in [9.17, 15) is 4.79 Å². The van der Waals surface area contributed by atoms with Crippen molar-refractivity contribution in [2.24, 2.45) is 0 Å². The molecule has 0 bridgehead atoms. The van der Waals surface area contributed by atoms with Gasteiger partial charge in [-0.2, -0.15) is 0 Å². The summed E-state index contributed by atoms with van der Waals surface area (Å²) in [5, 5.41) is 8.40. The van der Waals surface area contributed by atoms with Crippen LogP contribution in [0.5, 0.6) is 0 Å². The highest BCUT2D eigenvalue weighted by Crippen LogP contribution is 2.01. The maximum absolute atomic E-state index is 10.2. The van der Waals surface area contributed by atoms with Crippen molar-refractivity contribution in [1.29, 1.82) is 0 Å². The van der Waals surface area contributed by atoms with E-state index in [1.165, 1.54) is 0 Å². The molecule has 1 rings (SSSR count). The predicted molar refractivity (Wildman–Crippen MR) is 61.5 cm³/mol. The number of aliphatic carboxylic acids is 1. The number of allylic oxidation sites excluding steroid dienone is 3. The molecule has 0 aliphatic rings. The Morgan fingerprint density at radius 2 is 1.93 bits per heavy atom. The molecular weight excluding hydrogens is 188 g/mol. The second-order valence-corrected chi connectivity index (χ2v) is 3.13. The van der Waals surface area contributed by atoms with E-state index < -0.39 is 5.97 Å². The molecule has 1 aromatic carbocycles. The Labute approximate surface area is 89.6 Å². The van der Waals surface area contributed by atoms with Crippen molar-refractivity contribution in [3.8, 4) is 0 Å². The molecule has 2 nitrogen and oxygen atoms in total. The van der Waals surface area contributed by atoms with Crippen LogP contribution in [0.1, 0.15) is 18.4 Å². The molecule has 1 aromatic rings. The number of benzene rings is 1. The molecule has 2 heteroatoms. The largest absolute Gasteiger partial charge is 0.481 e. The molecule has 0 fully saturated rings. The van der Waals surface area contributed by atoms with Crippen LogP contribution in [0.15, 0.2) is 48.6 Å². The summed E-state index contributed by atoms with van der Waals surface area (Å²) in [6.45, 7) is 0. The van der Waals surface area contributed by atoms with Crippen LogP contribution in [-0.4, -0.2) is 11.1 Å². The standard InChI is InChI=1S/C13H14O2/c14-13(15)11-7-2-1-4-8-12-9-5-3-6-10-12/h1-6,8-10H,7,11H2,(H,14,15). The number of rotatable bonds is 5. The molecule has 1 N–H and O–H groups in total. The Morgan fingerprint density at radius 3 is 2.60 bits per heavy atom. The van der Waals surface area contributed by atoms with Crippen LogP contribution in [0.4, 0.5) is 0 Å². The highest BCUT2D eigenvalue weighted by molar-refractivity contribution is 5.66. The number of carboxylic acid groups (broad SMARTS) is 1. The Bertz CT molecular complexity index is 350. The molecule has 0 heterocycles. The van der Waals surface area contributed by atoms with Crippen LogP contribution in [0, 0.1) is 0 Å². The Morgan fingerprint density at radius 1 is 1.20 bits per heavy atom. The molecule has 0 aliphatic carbocycles. The lowest BCUT2D eigenvalue weighted by molar-refractivity contribution is -0.136. The smallest absolute Gasteiger partial charge is 0.303 e. The first-order valence-electron chi connectivity index (χ1n) is 4.89. The monoisotopic (exact) mass is 202 g/mol. The van der Waals surface area contributed by atoms with Gasteiger partial charge in [0, 0.05) is 6.42 Å². The number of hydrogen-bond donors (Lipinski definition) is 1. The molecule has 0 saturated heterocycles. The molecule has 0 saturated carbocycles. The summed E-state index contributed by atoms with van der Waals surface area (Å²) in [7, 11) is 0. The van der Waals surface area contributed by atoms with E-state index in [-0.39, 0.29) is 6.42 Å². The maximum Gasteiger partial charge on any atom is 0.303 e. The van der Waals surface area contributed by atoms with Crippen LogP contribution in [0.2, 0.25) is 0 Å². The van der Waals surface area contributed by atoms with Crippen LogP contribution < -0.4 is 0 Å². The van der Waals surface area contributed by atoms with Crippen LogP contribution in [0.3, 0.4) is 0 Å². The Hall–Kier alpha value is -1.83. The first kappa shape index (κ1) is 11.2. The lowest BCUT2D eigenvalue weighted by Gasteiger charge is -1.88. The number of carbonyl (C=O) groups is 1. The van der Waals surface area contributed by atoms with Gasteiger partial charge in [-0.05, 0) is 12.0 Å². The van der Waals surface area contributed by atoms with Gasteiger partial charge in [-0.15, -0.1) is 0 Å². The quantitative estimate of drug-likeness (QED) is 0.745. The number of carboxylic acids is 1. The highest BCUT2D eigenvalue weighted by atomic mass is 16.4. The molecule has 15 heavy (non-hydrogen) atoms. The van der Waals surface area contributed by atoms with Crippen molar-refractivity contribution in [2.75, 3.05) is 0 Å². The fourth-order valence-corrected chi connectivity index (χ4v) is 1.11. The summed E-state index contributed by atoms with van der Waals surface area (Å²) in [4.78, 5) is 10.2. The van der Waals surface area contributed by atoms with Gasteiger partial charge in [-0.25, -0.2) is 0 Å². The Kier molecular flexibility index (Phi) is 4.95. The minimum atomic E-state index is -0.758. The lowest BCUT2D eigenvalue weighted by Crippen LogP contribution is -1.91. The van der Waals surface area contributed by atoms with E-state index >= 15 is 0 Å². The van der Waals surface area contributed by atoms with Gasteiger partial charge in [0.05, 0.1) is 0 Å². The van der Waals surface area contributed by atoms with E-state index in [1.807, 2.05) is 54.6 Å². The summed E-state index contributed by atoms with van der Waals surface area (Å²) in [6, 6.07) is 9.96. The molecule has 0 spiro atoms. The molecule has 0 aromatic heterocycles. The Balaban J connectivity index is 2.31. The molecular formula is C13H14O2. The predicted octanol–water partition coefficient (Wildman–Crippen LogP) is 3.12. The summed E-state index contributed by atoms with van der Waals surface area (Å²) < 4.78 is 0. The fourth-order valence-electron chi connectivity index (χ4n) is 1.11. The minimum absolute atomic E-state index is 0.190. The number of hydrogen-bond acceptors (Lipinski definition) is 1. The first-order chi connectivity index (χ1) is 7.29. The average Bonchev–Trinajstić information content (AvgIpc) is 2.24. The van der Waals surface area contributed by atoms with Crippen LogP contribution in [0.25, 0.3) is 6.08 Å². The van der Waals surface area contributed by atoms with Crippen molar-refractivity contribution in [1.82, 2.24) is 0 Å². The topological polar surface area (TPSA) is 37.3 Å². The first-order valence-corrected chi connectivity index (χ1v) is 4.89. The van der Waals surface area contributed by atoms with Crippen LogP contribution >= 0.6 is 0 Å². The third kappa shape index (κ3) is 5.47. The zero-order valence-electron chi connectivity index (χ0n) is 8.47. The van der Waals surface area contributed by atoms with E-state index in [0.29, 0.717) is 6.42 Å². The fraction of sp³-hybridized carbons (Fsp3) is 0.154. The summed E-state index contributed by atoms with van der Waals surface area (Å²) in [5.74, 6) is -0.758. The van der Waals surface area contributed by atoms with Crippen molar-refractivity contribution in [3.63, 3.8) is 0 Å². The molecule has 0 radical (unpaired) electrons. The van der Waals surface area contributed by atoms with Gasteiger partial charge in [0.15, 0.2) is 0 Å². The SMILES string of the molecule is O=C(O)CCC=CC=Cc1ccccc1. The van der Waals surface area contributed by atoms with Crippen molar-refractivity contribution < 1.29 is 9.90 Å². The van der Waals surface area contributed by atoms with Crippen molar-refractivity contribution in [2.45, 2.75) is 12.8 Å². The molecule has 0 unspecified atom stereocenters. The highest BCUT2D eigenvalue weighted by Gasteiger charge is 1.90. The van der Waals surface area contributed by atoms with Crippen molar-refractivity contribution >= 4 is 12.0 Å². The summed E-state index contributed by atoms with van der Waals surface area (Å²) >= 11 is 0. The summed E-state index contributed by atoms with van der Waals surface area (Å²) in [5.41, 5.74) is 1.14. The van der Waals surface area contributed by atoms with Gasteiger partial charge in [0.1, 0.15) is 0 Å². The van der Waals surface area contributed by atoms with E-state index in [4.69, 9.17) is 5.11 Å². The molecule has 0 aliphatic heterocycles. The van der Waals surface area contributed by atoms with E-state index in [0.717, 1.165) is 5.56 Å². The minimum Gasteiger partial charge on any atom is -0.481 e.